The van der Waals surface area contributed by atoms with E-state index in [-0.39, 0.29) is 22.4 Å². The summed E-state index contributed by atoms with van der Waals surface area (Å²) in [6.45, 7) is 12.7. The molecule has 0 saturated carbocycles. The standard InChI is InChI=1S/C21H28N4O/c1-20(2,3)16-10-15(18(26)17(11-16)21(4,5)6)13-24-25-19(22)14-8-7-9-23-12-14/h7-13,26H,1-6H3,(H2,22,25)/b24-13+. The van der Waals surface area contributed by atoms with Gasteiger partial charge < -0.3 is 10.8 Å². The predicted molar refractivity (Wildman–Crippen MR) is 108 cm³/mol. The second-order valence-corrected chi connectivity index (χ2v) is 8.43. The van der Waals surface area contributed by atoms with Gasteiger partial charge in [-0.25, -0.2) is 0 Å². The summed E-state index contributed by atoms with van der Waals surface area (Å²) in [5.74, 6) is 0.501. The summed E-state index contributed by atoms with van der Waals surface area (Å²) in [6, 6.07) is 7.62. The highest BCUT2D eigenvalue weighted by Gasteiger charge is 2.24. The first-order valence-corrected chi connectivity index (χ1v) is 8.65. The predicted octanol–water partition coefficient (Wildman–Crippen LogP) is 4.12. The average Bonchev–Trinajstić information content (AvgIpc) is 2.55. The van der Waals surface area contributed by atoms with Gasteiger partial charge in [0.25, 0.3) is 0 Å². The second-order valence-electron chi connectivity index (χ2n) is 8.43. The van der Waals surface area contributed by atoms with Crippen LogP contribution in [0, 0.1) is 0 Å². The largest absolute Gasteiger partial charge is 0.507 e. The Balaban J connectivity index is 2.45. The van der Waals surface area contributed by atoms with Crippen LogP contribution >= 0.6 is 0 Å². The van der Waals surface area contributed by atoms with Crippen molar-refractivity contribution in [2.75, 3.05) is 0 Å². The third kappa shape index (κ3) is 4.69. The van der Waals surface area contributed by atoms with Gasteiger partial charge in [0.05, 0.1) is 6.21 Å². The van der Waals surface area contributed by atoms with Crippen molar-refractivity contribution in [3.05, 3.63) is 58.9 Å². The molecule has 5 heteroatoms. The quantitative estimate of drug-likeness (QED) is 0.495. The van der Waals surface area contributed by atoms with Gasteiger partial charge in [0.1, 0.15) is 5.75 Å². The van der Waals surface area contributed by atoms with Crippen LogP contribution in [0.5, 0.6) is 5.75 Å². The van der Waals surface area contributed by atoms with Gasteiger partial charge >= 0.3 is 0 Å². The summed E-state index contributed by atoms with van der Waals surface area (Å²) in [6.07, 6.45) is 4.84. The Morgan fingerprint density at radius 2 is 1.81 bits per heavy atom. The first-order valence-electron chi connectivity index (χ1n) is 8.65. The Kier molecular flexibility index (Phi) is 5.50. The van der Waals surface area contributed by atoms with Crippen molar-refractivity contribution < 1.29 is 5.11 Å². The maximum absolute atomic E-state index is 10.7. The van der Waals surface area contributed by atoms with E-state index < -0.39 is 0 Å². The van der Waals surface area contributed by atoms with Gasteiger partial charge in [-0.1, -0.05) is 47.6 Å². The van der Waals surface area contributed by atoms with Crippen molar-refractivity contribution in [2.45, 2.75) is 52.4 Å². The molecule has 0 amide bonds. The Morgan fingerprint density at radius 3 is 2.35 bits per heavy atom. The number of aromatic hydroxyl groups is 1. The highest BCUT2D eigenvalue weighted by atomic mass is 16.3. The van der Waals surface area contributed by atoms with Crippen molar-refractivity contribution in [2.24, 2.45) is 15.9 Å². The lowest BCUT2D eigenvalue weighted by atomic mass is 9.79. The number of pyridine rings is 1. The van der Waals surface area contributed by atoms with Crippen LogP contribution in [0.2, 0.25) is 0 Å². The number of aromatic nitrogens is 1. The Morgan fingerprint density at radius 1 is 1.12 bits per heavy atom. The smallest absolute Gasteiger partial charge is 0.154 e. The minimum Gasteiger partial charge on any atom is -0.507 e. The van der Waals surface area contributed by atoms with Crippen LogP contribution in [0.4, 0.5) is 0 Å². The van der Waals surface area contributed by atoms with Crippen LogP contribution < -0.4 is 5.73 Å². The van der Waals surface area contributed by atoms with E-state index in [0.29, 0.717) is 11.1 Å². The molecule has 0 aliphatic rings. The summed E-state index contributed by atoms with van der Waals surface area (Å²) in [4.78, 5) is 4.01. The zero-order valence-electron chi connectivity index (χ0n) is 16.4. The maximum atomic E-state index is 10.7. The molecule has 0 aliphatic heterocycles. The lowest BCUT2D eigenvalue weighted by Crippen LogP contribution is -2.17. The first kappa shape index (κ1) is 19.6. The molecule has 0 radical (unpaired) electrons. The molecule has 2 rings (SSSR count). The van der Waals surface area contributed by atoms with Crippen molar-refractivity contribution in [1.29, 1.82) is 0 Å². The summed E-state index contributed by atoms with van der Waals surface area (Å²) >= 11 is 0. The average molecular weight is 352 g/mol. The number of rotatable bonds is 3. The number of nitrogens with zero attached hydrogens (tertiary/aromatic N) is 3. The van der Waals surface area contributed by atoms with E-state index in [1.807, 2.05) is 12.1 Å². The Bertz CT molecular complexity index is 826. The van der Waals surface area contributed by atoms with E-state index >= 15 is 0 Å². The molecular weight excluding hydrogens is 324 g/mol. The maximum Gasteiger partial charge on any atom is 0.154 e. The molecule has 0 bridgehead atoms. The number of amidine groups is 1. The fraction of sp³-hybridized carbons (Fsp3) is 0.381. The van der Waals surface area contributed by atoms with E-state index in [9.17, 15) is 5.11 Å². The molecule has 0 fully saturated rings. The van der Waals surface area contributed by atoms with Gasteiger partial charge in [-0.3, -0.25) is 4.98 Å². The first-order chi connectivity index (χ1) is 12.0. The fourth-order valence-corrected chi connectivity index (χ4v) is 2.49. The van der Waals surface area contributed by atoms with E-state index in [1.165, 1.54) is 0 Å². The highest BCUT2D eigenvalue weighted by molar-refractivity contribution is 5.97. The molecular formula is C21H28N4O. The molecule has 0 unspecified atom stereocenters. The lowest BCUT2D eigenvalue weighted by molar-refractivity contribution is 0.444. The number of hydrogen-bond donors (Lipinski definition) is 2. The number of phenolic OH excluding ortho intramolecular Hbond substituents is 1. The lowest BCUT2D eigenvalue weighted by Gasteiger charge is -2.26. The summed E-state index contributed by atoms with van der Waals surface area (Å²) in [5, 5.41) is 18.8. The fourth-order valence-electron chi connectivity index (χ4n) is 2.49. The van der Waals surface area contributed by atoms with E-state index in [4.69, 9.17) is 5.73 Å². The molecule has 2 aromatic rings. The Hall–Kier alpha value is -2.69. The van der Waals surface area contributed by atoms with E-state index in [1.54, 1.807) is 24.7 Å². The molecule has 26 heavy (non-hydrogen) atoms. The minimum atomic E-state index is -0.189. The monoisotopic (exact) mass is 352 g/mol. The highest BCUT2D eigenvalue weighted by Crippen LogP contribution is 2.37. The van der Waals surface area contributed by atoms with Crippen molar-refractivity contribution >= 4 is 12.1 Å². The van der Waals surface area contributed by atoms with E-state index in [2.05, 4.69) is 62.8 Å². The van der Waals surface area contributed by atoms with E-state index in [0.717, 1.165) is 11.1 Å². The topological polar surface area (TPSA) is 83.9 Å². The Labute approximate surface area is 155 Å². The summed E-state index contributed by atoms with van der Waals surface area (Å²) in [7, 11) is 0. The van der Waals surface area contributed by atoms with Crippen LogP contribution in [-0.4, -0.2) is 22.1 Å². The van der Waals surface area contributed by atoms with Gasteiger partial charge in [-0.15, -0.1) is 5.10 Å². The molecule has 138 valence electrons. The van der Waals surface area contributed by atoms with Crippen LogP contribution in [0.3, 0.4) is 0 Å². The normalized spacial score (nSPS) is 13.4. The number of benzene rings is 1. The van der Waals surface area contributed by atoms with Crippen LogP contribution in [0.1, 0.15) is 63.8 Å². The summed E-state index contributed by atoms with van der Waals surface area (Å²) in [5.41, 5.74) is 9.04. The molecule has 3 N–H and O–H groups in total. The number of hydrogen-bond acceptors (Lipinski definition) is 4. The third-order valence-electron chi connectivity index (χ3n) is 4.13. The van der Waals surface area contributed by atoms with Crippen molar-refractivity contribution in [3.8, 4) is 5.75 Å². The summed E-state index contributed by atoms with van der Waals surface area (Å²) < 4.78 is 0. The SMILES string of the molecule is CC(C)(C)c1cc(/C=N/N=C(\N)c2cccnc2)c(O)c(C(C)(C)C)c1. The molecule has 0 spiro atoms. The molecule has 0 saturated heterocycles. The van der Waals surface area contributed by atoms with Gasteiger partial charge in [0, 0.05) is 29.1 Å². The molecule has 0 atom stereocenters. The van der Waals surface area contributed by atoms with Crippen molar-refractivity contribution in [1.82, 2.24) is 4.98 Å². The van der Waals surface area contributed by atoms with Crippen molar-refractivity contribution in [3.63, 3.8) is 0 Å². The van der Waals surface area contributed by atoms with Gasteiger partial charge in [-0.05, 0) is 34.6 Å². The molecule has 5 nitrogen and oxygen atoms in total. The van der Waals surface area contributed by atoms with Gasteiger partial charge in [0.15, 0.2) is 5.84 Å². The van der Waals surface area contributed by atoms with Crippen LogP contribution in [-0.2, 0) is 10.8 Å². The van der Waals surface area contributed by atoms with Gasteiger partial charge in [-0.2, -0.15) is 5.10 Å². The van der Waals surface area contributed by atoms with Crippen LogP contribution in [0.25, 0.3) is 0 Å². The molecule has 1 aromatic carbocycles. The number of phenols is 1. The molecule has 0 aliphatic carbocycles. The molecule has 1 aromatic heterocycles. The number of nitrogens with two attached hydrogens (primary N) is 1. The van der Waals surface area contributed by atoms with Crippen LogP contribution in [0.15, 0.2) is 46.9 Å². The second kappa shape index (κ2) is 7.28. The van der Waals surface area contributed by atoms with Gasteiger partial charge in [0.2, 0.25) is 0 Å². The minimum absolute atomic E-state index is 0.0473. The third-order valence-corrected chi connectivity index (χ3v) is 4.13. The molecule has 1 heterocycles. The zero-order chi connectivity index (χ0) is 19.5. The zero-order valence-corrected chi connectivity index (χ0v) is 16.4.